The molecule has 3 N–H and O–H groups in total. The Kier molecular flexibility index (Phi) is 9.17. The molecule has 0 saturated carbocycles. The molecule has 0 spiro atoms. The Bertz CT molecular complexity index is 1530. The highest BCUT2D eigenvalue weighted by Crippen LogP contribution is 2.36. The van der Waals surface area contributed by atoms with E-state index in [-0.39, 0.29) is 43.7 Å². The van der Waals surface area contributed by atoms with Gasteiger partial charge in [-0.3, -0.25) is 13.8 Å². The Morgan fingerprint density at radius 1 is 1.23 bits per heavy atom. The molecule has 0 bridgehead atoms. The van der Waals surface area contributed by atoms with Gasteiger partial charge in [0.15, 0.2) is 0 Å². The van der Waals surface area contributed by atoms with E-state index in [1.807, 2.05) is 0 Å². The largest absolute Gasteiger partial charge is 0.464 e. The Morgan fingerprint density at radius 2 is 1.97 bits per heavy atom. The maximum atomic E-state index is 13.7. The topological polar surface area (TPSA) is 117 Å². The second-order valence-corrected chi connectivity index (χ2v) is 12.2. The second kappa shape index (κ2) is 12.2. The minimum Gasteiger partial charge on any atom is -0.464 e. The van der Waals surface area contributed by atoms with Crippen molar-refractivity contribution in [1.82, 2.24) is 14.3 Å². The van der Waals surface area contributed by atoms with Crippen molar-refractivity contribution in [3.63, 3.8) is 0 Å². The predicted octanol–water partition coefficient (Wildman–Crippen LogP) is 5.26. The maximum Gasteiger partial charge on any atom is 0.328 e. The van der Waals surface area contributed by atoms with Gasteiger partial charge in [-0.25, -0.2) is 17.6 Å². The molecule has 2 aromatic carbocycles. The van der Waals surface area contributed by atoms with E-state index in [2.05, 4.69) is 30.7 Å². The molecule has 39 heavy (non-hydrogen) atoms. The van der Waals surface area contributed by atoms with E-state index < -0.39 is 33.8 Å². The predicted molar refractivity (Wildman–Crippen MR) is 153 cm³/mol. The van der Waals surface area contributed by atoms with Crippen molar-refractivity contribution in [1.29, 1.82) is 0 Å². The number of fused-ring (bicyclic) bond motifs is 1. The number of ether oxygens (including phenoxy) is 1. The van der Waals surface area contributed by atoms with Crippen molar-refractivity contribution >= 4 is 78.9 Å². The van der Waals surface area contributed by atoms with Crippen LogP contribution in [0.1, 0.15) is 22.8 Å². The molecule has 15 heteroatoms. The van der Waals surface area contributed by atoms with Crippen molar-refractivity contribution in [2.75, 3.05) is 11.3 Å². The summed E-state index contributed by atoms with van der Waals surface area (Å²) in [6.45, 7) is 1.67. The Hall–Kier alpha value is -2.71. The highest BCUT2D eigenvalue weighted by molar-refractivity contribution is 9.10. The number of nitrogens with zero attached hydrogens (tertiary/aromatic N) is 1. The molecular weight excluding hydrogens is 658 g/mol. The fraction of sp³-hybridized carbons (Fsp3) is 0.167. The van der Waals surface area contributed by atoms with Gasteiger partial charge < -0.3 is 14.8 Å². The van der Waals surface area contributed by atoms with E-state index in [1.54, 1.807) is 23.5 Å². The molecule has 0 saturated heterocycles. The average molecular weight is 678 g/mol. The summed E-state index contributed by atoms with van der Waals surface area (Å²) < 4.78 is 52.6. The molecule has 0 aromatic heterocycles. The van der Waals surface area contributed by atoms with E-state index in [1.165, 1.54) is 54.7 Å². The van der Waals surface area contributed by atoms with Crippen LogP contribution in [-0.4, -0.2) is 37.2 Å². The second-order valence-electron chi connectivity index (χ2n) is 8.09. The molecule has 0 radical (unpaired) electrons. The number of sulfonamides is 1. The molecule has 2 aromatic rings. The zero-order valence-electron chi connectivity index (χ0n) is 20.0. The molecule has 0 unspecified atom stereocenters. The third kappa shape index (κ3) is 6.72. The van der Waals surface area contributed by atoms with Gasteiger partial charge in [0, 0.05) is 18.8 Å². The number of benzene rings is 2. The van der Waals surface area contributed by atoms with Crippen LogP contribution in [0.15, 0.2) is 70.0 Å². The smallest absolute Gasteiger partial charge is 0.328 e. The minimum atomic E-state index is -4.20. The van der Waals surface area contributed by atoms with E-state index in [9.17, 15) is 22.4 Å². The summed E-state index contributed by atoms with van der Waals surface area (Å²) in [5, 5.41) is 2.56. The van der Waals surface area contributed by atoms with Crippen molar-refractivity contribution in [3.8, 4) is 0 Å². The standard InChI is InChI=1S/C24H20BrCl2FN4O5S2/c1-2-37-24(34)20(9-13-5-6-18(28)15(25)8-13)30-23(33)14-10-16(26)17(27)11-19(14)31-39(35,36)22-4-3-7-32-21(22)12-29-38-32/h3-8,10-12,20,29,31H,2,9H2,1H3,(H,30,33)/t20-/m0/s1. The van der Waals surface area contributed by atoms with E-state index in [0.717, 1.165) is 0 Å². The van der Waals surface area contributed by atoms with Crippen LogP contribution in [-0.2, 0) is 26.0 Å². The summed E-state index contributed by atoms with van der Waals surface area (Å²) in [7, 11) is -4.20. The minimum absolute atomic E-state index is 0.000437. The number of rotatable bonds is 9. The molecule has 1 amide bonds. The van der Waals surface area contributed by atoms with Gasteiger partial charge in [-0.2, -0.15) is 0 Å². The fourth-order valence-electron chi connectivity index (χ4n) is 3.66. The fourth-order valence-corrected chi connectivity index (χ4v) is 6.39. The lowest BCUT2D eigenvalue weighted by atomic mass is 10.0. The zero-order chi connectivity index (χ0) is 28.3. The first kappa shape index (κ1) is 29.3. The van der Waals surface area contributed by atoms with Crippen LogP contribution in [0.25, 0.3) is 0 Å². The molecule has 206 valence electrons. The molecule has 0 fully saturated rings. The van der Waals surface area contributed by atoms with Gasteiger partial charge in [0.2, 0.25) is 0 Å². The first-order chi connectivity index (χ1) is 18.5. The number of carbonyl (C=O) groups excluding carboxylic acids is 2. The lowest BCUT2D eigenvalue weighted by molar-refractivity contribution is -0.145. The number of nitrogens with one attached hydrogen (secondary N) is 3. The number of hydrogen-bond donors (Lipinski definition) is 3. The SMILES string of the molecule is CCOC(=O)[C@H](Cc1ccc(F)c(Br)c1)NC(=O)c1cc(Cl)c(Cl)cc1NS(=O)(=O)C1=CC=CN2SNC=C12. The quantitative estimate of drug-likeness (QED) is 0.243. The van der Waals surface area contributed by atoms with Gasteiger partial charge in [-0.15, -0.1) is 0 Å². The lowest BCUT2D eigenvalue weighted by Crippen LogP contribution is -2.43. The summed E-state index contributed by atoms with van der Waals surface area (Å²) in [5.41, 5.74) is 0.582. The van der Waals surface area contributed by atoms with E-state index >= 15 is 0 Å². The number of carbonyl (C=O) groups is 2. The number of amides is 1. The van der Waals surface area contributed by atoms with Gasteiger partial charge in [-0.1, -0.05) is 29.3 Å². The number of esters is 1. The normalized spacial score (nSPS) is 15.1. The van der Waals surface area contributed by atoms with Crippen LogP contribution in [0.4, 0.5) is 10.1 Å². The Balaban J connectivity index is 1.64. The monoisotopic (exact) mass is 676 g/mol. The highest BCUT2D eigenvalue weighted by atomic mass is 79.9. The van der Waals surface area contributed by atoms with Gasteiger partial charge in [-0.05, 0) is 64.8 Å². The molecule has 9 nitrogen and oxygen atoms in total. The highest BCUT2D eigenvalue weighted by Gasteiger charge is 2.32. The summed E-state index contributed by atoms with van der Waals surface area (Å²) >= 11 is 16.6. The van der Waals surface area contributed by atoms with Crippen LogP contribution < -0.4 is 14.8 Å². The Morgan fingerprint density at radius 3 is 2.69 bits per heavy atom. The van der Waals surface area contributed by atoms with Crippen LogP contribution in [0.5, 0.6) is 0 Å². The third-order valence-corrected chi connectivity index (χ3v) is 8.93. The molecular formula is C24H20BrCl2FN4O5S2. The molecule has 4 rings (SSSR count). The molecule has 2 aliphatic rings. The van der Waals surface area contributed by atoms with Crippen molar-refractivity contribution < 1.29 is 27.1 Å². The lowest BCUT2D eigenvalue weighted by Gasteiger charge is -2.22. The summed E-state index contributed by atoms with van der Waals surface area (Å²) in [4.78, 5) is 26.1. The summed E-state index contributed by atoms with van der Waals surface area (Å²) in [6, 6.07) is 5.39. The maximum absolute atomic E-state index is 13.7. The average Bonchev–Trinajstić information content (AvgIpc) is 3.36. The molecule has 0 aliphatic carbocycles. The number of halogens is 4. The van der Waals surface area contributed by atoms with Crippen molar-refractivity contribution in [3.05, 3.63) is 96.9 Å². The summed E-state index contributed by atoms with van der Waals surface area (Å²) in [6.07, 6.45) is 6.15. The van der Waals surface area contributed by atoms with E-state index in [0.29, 0.717) is 11.3 Å². The van der Waals surface area contributed by atoms with Gasteiger partial charge in [0.05, 0.1) is 50.2 Å². The van der Waals surface area contributed by atoms with Gasteiger partial charge in [0.25, 0.3) is 15.9 Å². The van der Waals surface area contributed by atoms with Crippen LogP contribution in [0.2, 0.25) is 10.0 Å². The summed E-state index contributed by atoms with van der Waals surface area (Å²) in [5.74, 6) is -2.04. The Labute approximate surface area is 246 Å². The number of allylic oxidation sites excluding steroid dienone is 2. The van der Waals surface area contributed by atoms with Crippen LogP contribution >= 0.6 is 51.3 Å². The van der Waals surface area contributed by atoms with Gasteiger partial charge in [0.1, 0.15) is 16.8 Å². The van der Waals surface area contributed by atoms with Gasteiger partial charge >= 0.3 is 5.97 Å². The molecule has 2 heterocycles. The number of hydrogen-bond acceptors (Lipinski definition) is 8. The van der Waals surface area contributed by atoms with Crippen LogP contribution in [0, 0.1) is 5.82 Å². The van der Waals surface area contributed by atoms with Crippen molar-refractivity contribution in [2.24, 2.45) is 0 Å². The number of anilines is 1. The van der Waals surface area contributed by atoms with Crippen molar-refractivity contribution in [2.45, 2.75) is 19.4 Å². The van der Waals surface area contributed by atoms with Crippen LogP contribution in [0.3, 0.4) is 0 Å². The zero-order valence-corrected chi connectivity index (χ0v) is 24.7. The first-order valence-corrected chi connectivity index (χ1v) is 15.0. The molecule has 2 aliphatic heterocycles. The first-order valence-electron chi connectivity index (χ1n) is 11.2. The van der Waals surface area contributed by atoms with E-state index in [4.69, 9.17) is 27.9 Å². The third-order valence-electron chi connectivity index (χ3n) is 5.44. The molecule has 1 atom stereocenters.